The van der Waals surface area contributed by atoms with Gasteiger partial charge >= 0.3 is 0 Å². The van der Waals surface area contributed by atoms with Gasteiger partial charge in [0.15, 0.2) is 11.4 Å². The molecule has 0 spiro atoms. The van der Waals surface area contributed by atoms with E-state index in [1.165, 1.54) is 13.1 Å². The number of carbonyl (C=O) groups excluding carboxylic acids is 1. The van der Waals surface area contributed by atoms with E-state index >= 15 is 0 Å². The van der Waals surface area contributed by atoms with Crippen molar-refractivity contribution in [3.8, 4) is 11.9 Å². The van der Waals surface area contributed by atoms with Crippen LogP contribution < -0.4 is 4.74 Å². The van der Waals surface area contributed by atoms with Crippen molar-refractivity contribution in [3.63, 3.8) is 0 Å². The third-order valence-corrected chi connectivity index (χ3v) is 3.04. The third-order valence-electron chi connectivity index (χ3n) is 3.04. The number of nitrogens with one attached hydrogen (secondary N) is 1. The Morgan fingerprint density at radius 3 is 3.05 bits per heavy atom. The normalized spacial score (nSPS) is 12.9. The van der Waals surface area contributed by atoms with Crippen molar-refractivity contribution in [2.24, 2.45) is 0 Å². The topological polar surface area (TPSA) is 112 Å². The van der Waals surface area contributed by atoms with Crippen molar-refractivity contribution in [1.29, 1.82) is 5.26 Å². The van der Waals surface area contributed by atoms with E-state index in [-0.39, 0.29) is 24.1 Å². The van der Waals surface area contributed by atoms with Crippen molar-refractivity contribution < 1.29 is 14.6 Å². The fourth-order valence-electron chi connectivity index (χ4n) is 1.86. The maximum atomic E-state index is 11.2. The van der Waals surface area contributed by atoms with E-state index in [4.69, 9.17) is 15.1 Å². The van der Waals surface area contributed by atoms with Crippen LogP contribution in [-0.4, -0.2) is 38.6 Å². The number of ether oxygens (including phenoxy) is 1. The first-order valence-corrected chi connectivity index (χ1v) is 6.76. The SMILES string of the molecule is CC(=O)C(C#N)=CCc1c[nH]c2ncc(OC(C)CO)nc12. The first-order valence-electron chi connectivity index (χ1n) is 6.76. The summed E-state index contributed by atoms with van der Waals surface area (Å²) >= 11 is 0. The van der Waals surface area contributed by atoms with Crippen LogP contribution in [-0.2, 0) is 11.2 Å². The van der Waals surface area contributed by atoms with Gasteiger partial charge in [-0.3, -0.25) is 4.79 Å². The molecule has 7 nitrogen and oxygen atoms in total. The number of aromatic amines is 1. The van der Waals surface area contributed by atoms with E-state index < -0.39 is 0 Å². The van der Waals surface area contributed by atoms with E-state index in [9.17, 15) is 4.79 Å². The van der Waals surface area contributed by atoms with E-state index in [0.717, 1.165) is 5.56 Å². The standard InChI is InChI=1S/C15H16N4O3/c1-9(8-20)22-13-7-18-15-14(19-13)12(6-17-15)4-3-11(5-16)10(2)21/h3,6-7,9,20H,4,8H2,1-2H3,(H,17,18). The fourth-order valence-corrected chi connectivity index (χ4v) is 1.86. The van der Waals surface area contributed by atoms with Gasteiger partial charge < -0.3 is 14.8 Å². The van der Waals surface area contributed by atoms with Crippen molar-refractivity contribution in [1.82, 2.24) is 15.0 Å². The van der Waals surface area contributed by atoms with Gasteiger partial charge in [-0.2, -0.15) is 5.26 Å². The average Bonchev–Trinajstić information content (AvgIpc) is 2.90. The zero-order valence-corrected chi connectivity index (χ0v) is 12.3. The minimum absolute atomic E-state index is 0.114. The number of hydrogen-bond acceptors (Lipinski definition) is 6. The minimum Gasteiger partial charge on any atom is -0.471 e. The van der Waals surface area contributed by atoms with Crippen LogP contribution in [0.2, 0.25) is 0 Å². The molecule has 0 bridgehead atoms. The Morgan fingerprint density at radius 1 is 1.64 bits per heavy atom. The second kappa shape index (κ2) is 6.83. The molecule has 7 heteroatoms. The molecule has 0 aromatic carbocycles. The molecular formula is C15H16N4O3. The van der Waals surface area contributed by atoms with Crippen LogP contribution in [0.5, 0.6) is 5.88 Å². The molecule has 0 saturated carbocycles. The Balaban J connectivity index is 2.29. The number of allylic oxidation sites excluding steroid dienone is 2. The average molecular weight is 300 g/mol. The molecule has 0 aliphatic carbocycles. The maximum absolute atomic E-state index is 11.2. The predicted octanol–water partition coefficient (Wildman–Crippen LogP) is 1.30. The third kappa shape index (κ3) is 3.48. The molecule has 0 aliphatic heterocycles. The molecule has 22 heavy (non-hydrogen) atoms. The summed E-state index contributed by atoms with van der Waals surface area (Å²) < 4.78 is 5.42. The largest absolute Gasteiger partial charge is 0.471 e. The highest BCUT2D eigenvalue weighted by Gasteiger charge is 2.10. The number of aromatic nitrogens is 3. The van der Waals surface area contributed by atoms with Crippen molar-refractivity contribution in [2.45, 2.75) is 26.4 Å². The fraction of sp³-hybridized carbons (Fsp3) is 0.333. The summed E-state index contributed by atoms with van der Waals surface area (Å²) in [6.07, 6.45) is 4.78. The molecule has 0 radical (unpaired) electrons. The number of aliphatic hydroxyl groups excluding tert-OH is 1. The van der Waals surface area contributed by atoms with Gasteiger partial charge in [-0.15, -0.1) is 0 Å². The second-order valence-corrected chi connectivity index (χ2v) is 4.82. The number of H-pyrrole nitrogens is 1. The first kappa shape index (κ1) is 15.7. The summed E-state index contributed by atoms with van der Waals surface area (Å²) in [4.78, 5) is 22.8. The summed E-state index contributed by atoms with van der Waals surface area (Å²) in [5.41, 5.74) is 2.12. The summed E-state index contributed by atoms with van der Waals surface area (Å²) in [7, 11) is 0. The number of fused-ring (bicyclic) bond motifs is 1. The van der Waals surface area contributed by atoms with Gasteiger partial charge in [-0.1, -0.05) is 6.08 Å². The monoisotopic (exact) mass is 300 g/mol. The molecule has 0 amide bonds. The van der Waals surface area contributed by atoms with Gasteiger partial charge in [0.05, 0.1) is 18.4 Å². The molecule has 0 saturated heterocycles. The molecule has 1 unspecified atom stereocenters. The van der Waals surface area contributed by atoms with Crippen LogP contribution in [0.25, 0.3) is 11.2 Å². The lowest BCUT2D eigenvalue weighted by atomic mass is 10.1. The van der Waals surface area contributed by atoms with E-state index in [1.54, 1.807) is 19.2 Å². The Hall–Kier alpha value is -2.72. The number of carbonyl (C=O) groups is 1. The summed E-state index contributed by atoms with van der Waals surface area (Å²) in [6.45, 7) is 2.96. The van der Waals surface area contributed by atoms with Crippen LogP contribution in [0.4, 0.5) is 0 Å². The number of nitriles is 1. The van der Waals surface area contributed by atoms with E-state index in [0.29, 0.717) is 23.5 Å². The predicted molar refractivity (Wildman–Crippen MR) is 79.1 cm³/mol. The zero-order chi connectivity index (χ0) is 16.1. The summed E-state index contributed by atoms with van der Waals surface area (Å²) in [5, 5.41) is 17.9. The second-order valence-electron chi connectivity index (χ2n) is 4.82. The van der Waals surface area contributed by atoms with Crippen LogP contribution >= 0.6 is 0 Å². The zero-order valence-electron chi connectivity index (χ0n) is 12.3. The van der Waals surface area contributed by atoms with Crippen molar-refractivity contribution in [3.05, 3.63) is 29.6 Å². The van der Waals surface area contributed by atoms with Crippen LogP contribution in [0.3, 0.4) is 0 Å². The molecule has 0 fully saturated rings. The Bertz CT molecular complexity index is 758. The van der Waals surface area contributed by atoms with Gasteiger partial charge in [0.2, 0.25) is 5.88 Å². The van der Waals surface area contributed by atoms with Gasteiger partial charge in [0.25, 0.3) is 0 Å². The summed E-state index contributed by atoms with van der Waals surface area (Å²) in [5.74, 6) is 0.0418. The highest BCUT2D eigenvalue weighted by atomic mass is 16.5. The van der Waals surface area contributed by atoms with Crippen molar-refractivity contribution >= 4 is 16.9 Å². The highest BCUT2D eigenvalue weighted by molar-refractivity contribution is 5.97. The van der Waals surface area contributed by atoms with Gasteiger partial charge in [-0.05, 0) is 20.3 Å². The van der Waals surface area contributed by atoms with Crippen LogP contribution in [0.15, 0.2) is 24.0 Å². The van der Waals surface area contributed by atoms with Gasteiger partial charge in [-0.25, -0.2) is 9.97 Å². The van der Waals surface area contributed by atoms with Crippen LogP contribution in [0.1, 0.15) is 19.4 Å². The highest BCUT2D eigenvalue weighted by Crippen LogP contribution is 2.19. The molecule has 2 heterocycles. The number of aliphatic hydroxyl groups is 1. The smallest absolute Gasteiger partial charge is 0.233 e. The number of nitrogens with zero attached hydrogens (tertiary/aromatic N) is 3. The Labute approximate surface area is 127 Å². The van der Waals surface area contributed by atoms with Crippen molar-refractivity contribution in [2.75, 3.05) is 6.61 Å². The Morgan fingerprint density at radius 2 is 2.41 bits per heavy atom. The van der Waals surface area contributed by atoms with E-state index in [2.05, 4.69) is 15.0 Å². The lowest BCUT2D eigenvalue weighted by molar-refractivity contribution is -0.113. The number of rotatable bonds is 6. The molecule has 2 N–H and O–H groups in total. The Kier molecular flexibility index (Phi) is 4.86. The maximum Gasteiger partial charge on any atom is 0.233 e. The molecule has 2 aromatic rings. The number of ketones is 1. The lowest BCUT2D eigenvalue weighted by Crippen LogP contribution is -2.17. The van der Waals surface area contributed by atoms with Gasteiger partial charge in [0, 0.05) is 11.8 Å². The lowest BCUT2D eigenvalue weighted by Gasteiger charge is -2.10. The molecule has 2 rings (SSSR count). The quantitative estimate of drug-likeness (QED) is 0.614. The van der Waals surface area contributed by atoms with Gasteiger partial charge in [0.1, 0.15) is 17.7 Å². The molecule has 1 atom stereocenters. The summed E-state index contributed by atoms with van der Waals surface area (Å²) in [6, 6.07) is 1.87. The first-order chi connectivity index (χ1) is 10.5. The molecule has 0 aliphatic rings. The minimum atomic E-state index is -0.378. The molecule has 2 aromatic heterocycles. The van der Waals surface area contributed by atoms with E-state index in [1.807, 2.05) is 6.07 Å². The number of hydrogen-bond donors (Lipinski definition) is 2. The van der Waals surface area contributed by atoms with Crippen LogP contribution in [0, 0.1) is 11.3 Å². The number of Topliss-reactive ketones (excluding diaryl/α,β-unsaturated/α-hetero) is 1. The molecule has 114 valence electrons. The molecular weight excluding hydrogens is 284 g/mol.